The Balaban J connectivity index is 2.44. The maximum absolute atomic E-state index is 5.79. The second-order valence-corrected chi connectivity index (χ2v) is 3.38. The summed E-state index contributed by atoms with van der Waals surface area (Å²) in [6.45, 7) is 0.456. The summed E-state index contributed by atoms with van der Waals surface area (Å²) in [5.74, 6) is 0. The monoisotopic (exact) mass is 207 g/mol. The highest BCUT2D eigenvalue weighted by molar-refractivity contribution is 6.30. The number of H-pyrrole nitrogens is 1. The SMILES string of the molecule is NCc1[nH]cnc1-c1ccc(Cl)cc1. The highest BCUT2D eigenvalue weighted by atomic mass is 35.5. The van der Waals surface area contributed by atoms with Gasteiger partial charge < -0.3 is 10.7 Å². The molecule has 1 heterocycles. The zero-order valence-electron chi connectivity index (χ0n) is 7.50. The van der Waals surface area contributed by atoms with Crippen molar-refractivity contribution in [1.29, 1.82) is 0 Å². The molecule has 0 aliphatic carbocycles. The molecule has 1 aromatic carbocycles. The van der Waals surface area contributed by atoms with E-state index in [1.54, 1.807) is 6.33 Å². The van der Waals surface area contributed by atoms with Gasteiger partial charge in [-0.1, -0.05) is 23.7 Å². The molecule has 3 nitrogen and oxygen atoms in total. The van der Waals surface area contributed by atoms with Crippen molar-refractivity contribution in [3.63, 3.8) is 0 Å². The molecule has 14 heavy (non-hydrogen) atoms. The van der Waals surface area contributed by atoms with E-state index < -0.39 is 0 Å². The van der Waals surface area contributed by atoms with Crippen molar-refractivity contribution >= 4 is 11.6 Å². The molecule has 0 fully saturated rings. The lowest BCUT2D eigenvalue weighted by Crippen LogP contribution is -1.98. The van der Waals surface area contributed by atoms with Crippen LogP contribution in [0.15, 0.2) is 30.6 Å². The van der Waals surface area contributed by atoms with Crippen LogP contribution in [0.3, 0.4) is 0 Å². The number of benzene rings is 1. The molecular formula is C10H10ClN3. The Labute approximate surface area is 86.9 Å². The Morgan fingerprint density at radius 2 is 2.00 bits per heavy atom. The second-order valence-electron chi connectivity index (χ2n) is 2.94. The summed E-state index contributed by atoms with van der Waals surface area (Å²) in [6.07, 6.45) is 1.64. The Hall–Kier alpha value is -1.32. The third-order valence-corrected chi connectivity index (χ3v) is 2.29. The summed E-state index contributed by atoms with van der Waals surface area (Å²) in [5, 5.41) is 0.721. The number of nitrogens with one attached hydrogen (secondary N) is 1. The molecule has 0 aliphatic heterocycles. The molecule has 0 radical (unpaired) electrons. The number of rotatable bonds is 2. The molecule has 0 aliphatic rings. The molecule has 3 N–H and O–H groups in total. The van der Waals surface area contributed by atoms with E-state index in [2.05, 4.69) is 9.97 Å². The summed E-state index contributed by atoms with van der Waals surface area (Å²) >= 11 is 5.79. The average molecular weight is 208 g/mol. The zero-order valence-corrected chi connectivity index (χ0v) is 8.25. The summed E-state index contributed by atoms with van der Waals surface area (Å²) < 4.78 is 0. The fraction of sp³-hybridized carbons (Fsp3) is 0.100. The molecule has 2 aromatic rings. The lowest BCUT2D eigenvalue weighted by Gasteiger charge is -2.00. The molecule has 0 bridgehead atoms. The molecule has 0 saturated heterocycles. The van der Waals surface area contributed by atoms with Gasteiger partial charge in [-0.3, -0.25) is 0 Å². The zero-order chi connectivity index (χ0) is 9.97. The normalized spacial score (nSPS) is 10.4. The largest absolute Gasteiger partial charge is 0.347 e. The number of hydrogen-bond acceptors (Lipinski definition) is 2. The van der Waals surface area contributed by atoms with Crippen LogP contribution >= 0.6 is 11.6 Å². The van der Waals surface area contributed by atoms with Crippen molar-refractivity contribution in [1.82, 2.24) is 9.97 Å². The van der Waals surface area contributed by atoms with Gasteiger partial charge in [-0.05, 0) is 12.1 Å². The molecular weight excluding hydrogens is 198 g/mol. The first kappa shape index (κ1) is 9.24. The highest BCUT2D eigenvalue weighted by Gasteiger charge is 2.05. The van der Waals surface area contributed by atoms with Gasteiger partial charge in [-0.15, -0.1) is 0 Å². The summed E-state index contributed by atoms with van der Waals surface area (Å²) in [6, 6.07) is 7.53. The number of nitrogens with zero attached hydrogens (tertiary/aromatic N) is 1. The van der Waals surface area contributed by atoms with Gasteiger partial charge in [0.05, 0.1) is 17.7 Å². The Bertz CT molecular complexity index is 419. The van der Waals surface area contributed by atoms with Gasteiger partial charge in [0, 0.05) is 17.1 Å². The first-order valence-electron chi connectivity index (χ1n) is 4.29. The molecule has 0 spiro atoms. The van der Waals surface area contributed by atoms with E-state index in [-0.39, 0.29) is 0 Å². The maximum atomic E-state index is 5.79. The van der Waals surface area contributed by atoms with Gasteiger partial charge in [-0.2, -0.15) is 0 Å². The molecule has 2 rings (SSSR count). The highest BCUT2D eigenvalue weighted by Crippen LogP contribution is 2.21. The third kappa shape index (κ3) is 1.64. The van der Waals surface area contributed by atoms with Crippen molar-refractivity contribution < 1.29 is 0 Å². The van der Waals surface area contributed by atoms with Crippen LogP contribution in [0, 0.1) is 0 Å². The number of hydrogen-bond donors (Lipinski definition) is 2. The van der Waals surface area contributed by atoms with E-state index in [1.165, 1.54) is 0 Å². The van der Waals surface area contributed by atoms with Crippen LogP contribution in [0.4, 0.5) is 0 Å². The smallest absolute Gasteiger partial charge is 0.0929 e. The van der Waals surface area contributed by atoms with E-state index in [0.29, 0.717) is 6.54 Å². The lowest BCUT2D eigenvalue weighted by molar-refractivity contribution is 1.01. The van der Waals surface area contributed by atoms with Gasteiger partial charge in [0.1, 0.15) is 0 Å². The van der Waals surface area contributed by atoms with Crippen molar-refractivity contribution in [2.45, 2.75) is 6.54 Å². The fourth-order valence-electron chi connectivity index (χ4n) is 1.33. The van der Waals surface area contributed by atoms with Gasteiger partial charge in [0.25, 0.3) is 0 Å². The molecule has 4 heteroatoms. The first-order chi connectivity index (χ1) is 6.81. The third-order valence-electron chi connectivity index (χ3n) is 2.04. The van der Waals surface area contributed by atoms with Gasteiger partial charge in [0.15, 0.2) is 0 Å². The van der Waals surface area contributed by atoms with E-state index in [0.717, 1.165) is 22.0 Å². The lowest BCUT2D eigenvalue weighted by atomic mass is 10.1. The minimum absolute atomic E-state index is 0.456. The van der Waals surface area contributed by atoms with Crippen molar-refractivity contribution in [3.05, 3.63) is 41.3 Å². The van der Waals surface area contributed by atoms with E-state index in [9.17, 15) is 0 Å². The maximum Gasteiger partial charge on any atom is 0.0929 e. The van der Waals surface area contributed by atoms with E-state index in [4.69, 9.17) is 17.3 Å². The summed E-state index contributed by atoms with van der Waals surface area (Å²) in [4.78, 5) is 7.21. The average Bonchev–Trinajstić information content (AvgIpc) is 2.67. The predicted molar refractivity (Wildman–Crippen MR) is 56.9 cm³/mol. The standard InChI is InChI=1S/C10H10ClN3/c11-8-3-1-7(2-4-8)10-9(5-12)13-6-14-10/h1-4,6H,5,12H2,(H,13,14). The number of halogens is 1. The minimum Gasteiger partial charge on any atom is -0.347 e. The molecule has 0 unspecified atom stereocenters. The molecule has 1 aromatic heterocycles. The van der Waals surface area contributed by atoms with Crippen LogP contribution in [0.1, 0.15) is 5.69 Å². The fourth-order valence-corrected chi connectivity index (χ4v) is 1.46. The van der Waals surface area contributed by atoms with Crippen molar-refractivity contribution in [2.24, 2.45) is 5.73 Å². The van der Waals surface area contributed by atoms with Crippen LogP contribution in [0.2, 0.25) is 5.02 Å². The Morgan fingerprint density at radius 1 is 1.29 bits per heavy atom. The predicted octanol–water partition coefficient (Wildman–Crippen LogP) is 2.19. The molecule has 72 valence electrons. The van der Waals surface area contributed by atoms with E-state index in [1.807, 2.05) is 24.3 Å². The Kier molecular flexibility index (Phi) is 2.52. The van der Waals surface area contributed by atoms with Gasteiger partial charge >= 0.3 is 0 Å². The Morgan fingerprint density at radius 3 is 2.64 bits per heavy atom. The second kappa shape index (κ2) is 3.82. The number of aromatic nitrogens is 2. The topological polar surface area (TPSA) is 54.7 Å². The quantitative estimate of drug-likeness (QED) is 0.793. The van der Waals surface area contributed by atoms with E-state index >= 15 is 0 Å². The van der Waals surface area contributed by atoms with Crippen LogP contribution in [0.5, 0.6) is 0 Å². The van der Waals surface area contributed by atoms with Gasteiger partial charge in [-0.25, -0.2) is 4.98 Å². The first-order valence-corrected chi connectivity index (χ1v) is 4.67. The number of imidazole rings is 1. The van der Waals surface area contributed by atoms with Crippen LogP contribution in [-0.4, -0.2) is 9.97 Å². The summed E-state index contributed by atoms with van der Waals surface area (Å²) in [5.41, 5.74) is 8.42. The minimum atomic E-state index is 0.456. The van der Waals surface area contributed by atoms with Crippen molar-refractivity contribution in [3.8, 4) is 11.3 Å². The summed E-state index contributed by atoms with van der Waals surface area (Å²) in [7, 11) is 0. The number of nitrogens with two attached hydrogens (primary N) is 1. The number of aromatic amines is 1. The molecule has 0 amide bonds. The van der Waals surface area contributed by atoms with Gasteiger partial charge in [0.2, 0.25) is 0 Å². The molecule has 0 atom stereocenters. The molecule has 0 saturated carbocycles. The van der Waals surface area contributed by atoms with Crippen molar-refractivity contribution in [2.75, 3.05) is 0 Å². The van der Waals surface area contributed by atoms with Crippen LogP contribution in [-0.2, 0) is 6.54 Å². The van der Waals surface area contributed by atoms with Crippen LogP contribution in [0.25, 0.3) is 11.3 Å². The van der Waals surface area contributed by atoms with Crippen LogP contribution < -0.4 is 5.73 Å².